The summed E-state index contributed by atoms with van der Waals surface area (Å²) in [6.07, 6.45) is 26.0. The van der Waals surface area contributed by atoms with Crippen LogP contribution in [0, 0.1) is 16.7 Å². The maximum Gasteiger partial charge on any atom is 0.333 e. The number of carbonyl (C=O) groups is 1. The van der Waals surface area contributed by atoms with Crippen LogP contribution >= 0.6 is 0 Å². The smallest absolute Gasteiger partial charge is 0.333 e. The van der Waals surface area contributed by atoms with Crippen LogP contribution in [0.5, 0.6) is 0 Å². The highest BCUT2D eigenvalue weighted by Gasteiger charge is 2.66. The SMILES string of the molecule is C=C(C)C(=O)OC12CC3CC(OCCCCCCCC4(CCC)COC4)(CC(OCCCCCCCC4(CCC)COC4)(C3)C1)C2. The number of rotatable bonds is 24. The van der Waals surface area contributed by atoms with Gasteiger partial charge in [-0.05, 0) is 70.6 Å². The zero-order chi connectivity index (χ0) is 32.6. The van der Waals surface area contributed by atoms with Crippen molar-refractivity contribution >= 4 is 5.97 Å². The van der Waals surface area contributed by atoms with Gasteiger partial charge in [-0.2, -0.15) is 0 Å². The van der Waals surface area contributed by atoms with Gasteiger partial charge in [-0.1, -0.05) is 84.6 Å². The molecule has 2 unspecified atom stereocenters. The second-order valence-corrected chi connectivity index (χ2v) is 16.9. The highest BCUT2D eigenvalue weighted by atomic mass is 16.6. The molecule has 2 heterocycles. The Bertz CT molecular complexity index is 926. The standard InChI is InChI=1S/C40H68O6/c1-5-17-36(29-42-30-36)19-13-9-7-11-15-21-44-38-23-34-24-39(26-38,28-40(25-34,27-38)46-35(41)33(3)4)45-22-16-12-8-10-14-20-37(18-6-2)31-43-32-37/h34H,3,5-32H2,1-2,4H3. The van der Waals surface area contributed by atoms with E-state index >= 15 is 0 Å². The summed E-state index contributed by atoms with van der Waals surface area (Å²) in [6, 6.07) is 0. The van der Waals surface area contributed by atoms with E-state index in [1.54, 1.807) is 6.92 Å². The molecule has 6 rings (SSSR count). The van der Waals surface area contributed by atoms with Gasteiger partial charge in [0.05, 0.1) is 37.6 Å². The van der Waals surface area contributed by atoms with Crippen LogP contribution in [0.1, 0.15) is 162 Å². The minimum atomic E-state index is -0.477. The van der Waals surface area contributed by atoms with Crippen molar-refractivity contribution in [2.45, 2.75) is 179 Å². The lowest BCUT2D eigenvalue weighted by Crippen LogP contribution is -2.68. The van der Waals surface area contributed by atoms with E-state index in [1.165, 1.54) is 89.9 Å². The van der Waals surface area contributed by atoms with Gasteiger partial charge in [0.25, 0.3) is 0 Å². The molecular formula is C40H68O6. The topological polar surface area (TPSA) is 63.2 Å². The Labute approximate surface area is 281 Å². The van der Waals surface area contributed by atoms with E-state index in [0.717, 1.165) is 91.0 Å². The first-order valence-electron chi connectivity index (χ1n) is 19.5. The van der Waals surface area contributed by atoms with Gasteiger partial charge in [0.15, 0.2) is 0 Å². The molecule has 46 heavy (non-hydrogen) atoms. The number of carbonyl (C=O) groups excluding carboxylic acids is 1. The summed E-state index contributed by atoms with van der Waals surface area (Å²) in [5.41, 5.74) is 0.518. The third-order valence-electron chi connectivity index (χ3n) is 12.3. The van der Waals surface area contributed by atoms with Crippen molar-refractivity contribution in [1.29, 1.82) is 0 Å². The Balaban J connectivity index is 1.05. The van der Waals surface area contributed by atoms with Crippen molar-refractivity contribution in [3.8, 4) is 0 Å². The molecule has 6 nitrogen and oxygen atoms in total. The fourth-order valence-corrected chi connectivity index (χ4v) is 10.4. The van der Waals surface area contributed by atoms with E-state index in [2.05, 4.69) is 20.4 Å². The fraction of sp³-hybridized carbons (Fsp3) is 0.925. The summed E-state index contributed by atoms with van der Waals surface area (Å²) in [6.45, 7) is 15.7. The zero-order valence-corrected chi connectivity index (χ0v) is 30.0. The third-order valence-corrected chi connectivity index (χ3v) is 12.3. The van der Waals surface area contributed by atoms with Gasteiger partial charge in [-0.3, -0.25) is 0 Å². The number of hydrogen-bond donors (Lipinski definition) is 0. The molecule has 6 fully saturated rings. The highest BCUT2D eigenvalue weighted by molar-refractivity contribution is 5.87. The highest BCUT2D eigenvalue weighted by Crippen LogP contribution is 2.63. The monoisotopic (exact) mass is 645 g/mol. The van der Waals surface area contributed by atoms with Crippen LogP contribution < -0.4 is 0 Å². The Hall–Kier alpha value is -0.950. The Morgan fingerprint density at radius 1 is 0.630 bits per heavy atom. The Morgan fingerprint density at radius 3 is 1.46 bits per heavy atom. The molecule has 0 amide bonds. The molecule has 4 aliphatic carbocycles. The quantitative estimate of drug-likeness (QED) is 0.0592. The lowest BCUT2D eigenvalue weighted by Gasteiger charge is -2.64. The summed E-state index contributed by atoms with van der Waals surface area (Å²) in [5, 5.41) is 0. The molecule has 0 spiro atoms. The van der Waals surface area contributed by atoms with Crippen molar-refractivity contribution in [2.24, 2.45) is 16.7 Å². The number of unbranched alkanes of at least 4 members (excludes halogenated alkanes) is 8. The molecule has 0 N–H and O–H groups in total. The number of ether oxygens (including phenoxy) is 5. The molecule has 2 atom stereocenters. The molecule has 6 heteroatoms. The molecule has 0 aromatic rings. The van der Waals surface area contributed by atoms with Crippen molar-refractivity contribution in [3.05, 3.63) is 12.2 Å². The van der Waals surface area contributed by atoms with Gasteiger partial charge < -0.3 is 23.7 Å². The van der Waals surface area contributed by atoms with Gasteiger partial charge in [0.1, 0.15) is 5.60 Å². The van der Waals surface area contributed by atoms with Gasteiger partial charge in [0, 0.05) is 48.9 Å². The van der Waals surface area contributed by atoms with E-state index in [1.807, 2.05) is 0 Å². The summed E-state index contributed by atoms with van der Waals surface area (Å²) in [5.74, 6) is 0.238. The zero-order valence-electron chi connectivity index (χ0n) is 30.0. The van der Waals surface area contributed by atoms with Gasteiger partial charge in [-0.15, -0.1) is 0 Å². The second-order valence-electron chi connectivity index (χ2n) is 16.9. The minimum absolute atomic E-state index is 0.231. The first kappa shape index (κ1) is 36.3. The fourth-order valence-electron chi connectivity index (χ4n) is 10.4. The van der Waals surface area contributed by atoms with E-state index in [4.69, 9.17) is 23.7 Å². The maximum absolute atomic E-state index is 12.8. The van der Waals surface area contributed by atoms with Crippen LogP contribution in [0.25, 0.3) is 0 Å². The van der Waals surface area contributed by atoms with Crippen molar-refractivity contribution in [2.75, 3.05) is 39.6 Å². The van der Waals surface area contributed by atoms with E-state index < -0.39 is 5.60 Å². The van der Waals surface area contributed by atoms with Crippen LogP contribution in [0.3, 0.4) is 0 Å². The predicted octanol–water partition coefficient (Wildman–Crippen LogP) is 9.67. The first-order chi connectivity index (χ1) is 22.2. The molecule has 0 radical (unpaired) electrons. The van der Waals surface area contributed by atoms with Crippen LogP contribution in [-0.2, 0) is 28.5 Å². The minimum Gasteiger partial charge on any atom is -0.455 e. The first-order valence-corrected chi connectivity index (χ1v) is 19.5. The Morgan fingerprint density at radius 2 is 1.04 bits per heavy atom. The van der Waals surface area contributed by atoms with Crippen LogP contribution in [0.15, 0.2) is 12.2 Å². The van der Waals surface area contributed by atoms with E-state index in [-0.39, 0.29) is 17.2 Å². The Kier molecular flexibility index (Phi) is 12.8. The lowest BCUT2D eigenvalue weighted by atomic mass is 9.50. The van der Waals surface area contributed by atoms with Crippen LogP contribution in [0.4, 0.5) is 0 Å². The molecular weight excluding hydrogens is 576 g/mol. The van der Waals surface area contributed by atoms with Gasteiger partial charge in [-0.25, -0.2) is 4.79 Å². The largest absolute Gasteiger partial charge is 0.455 e. The summed E-state index contributed by atoms with van der Waals surface area (Å²) in [4.78, 5) is 12.8. The van der Waals surface area contributed by atoms with Gasteiger partial charge in [0.2, 0.25) is 0 Å². The van der Waals surface area contributed by atoms with Crippen LogP contribution in [-0.4, -0.2) is 62.4 Å². The number of hydrogen-bond acceptors (Lipinski definition) is 6. The summed E-state index contributed by atoms with van der Waals surface area (Å²) < 4.78 is 31.1. The third kappa shape index (κ3) is 9.18. The molecule has 4 bridgehead atoms. The predicted molar refractivity (Wildman–Crippen MR) is 184 cm³/mol. The summed E-state index contributed by atoms with van der Waals surface area (Å²) in [7, 11) is 0. The van der Waals surface area contributed by atoms with Crippen molar-refractivity contribution < 1.29 is 28.5 Å². The lowest BCUT2D eigenvalue weighted by molar-refractivity contribution is -0.283. The van der Waals surface area contributed by atoms with E-state index in [0.29, 0.717) is 22.3 Å². The van der Waals surface area contributed by atoms with Crippen molar-refractivity contribution in [1.82, 2.24) is 0 Å². The molecule has 0 aromatic heterocycles. The molecule has 2 saturated heterocycles. The average molecular weight is 645 g/mol. The second kappa shape index (κ2) is 16.2. The maximum atomic E-state index is 12.8. The molecule has 6 aliphatic rings. The molecule has 0 aromatic carbocycles. The van der Waals surface area contributed by atoms with Gasteiger partial charge >= 0.3 is 5.97 Å². The summed E-state index contributed by atoms with van der Waals surface area (Å²) >= 11 is 0. The average Bonchev–Trinajstić information content (AvgIpc) is 2.96. The molecule has 264 valence electrons. The van der Waals surface area contributed by atoms with E-state index in [9.17, 15) is 4.79 Å². The molecule has 2 aliphatic heterocycles. The van der Waals surface area contributed by atoms with Crippen molar-refractivity contribution in [3.63, 3.8) is 0 Å². The van der Waals surface area contributed by atoms with Crippen LogP contribution in [0.2, 0.25) is 0 Å². The number of esters is 1. The normalized spacial score (nSPS) is 31.8. The molecule has 4 saturated carbocycles.